The standard InChI is InChI=1S/C10H18N4/c11-13-12-10-7-14(8-10)6-9-4-2-1-3-5-9/h9-10H,1-8H2. The first kappa shape index (κ1) is 9.81. The molecule has 0 atom stereocenters. The zero-order valence-corrected chi connectivity index (χ0v) is 8.60. The van der Waals surface area contributed by atoms with Crippen molar-refractivity contribution in [1.29, 1.82) is 0 Å². The molecule has 0 radical (unpaired) electrons. The molecule has 2 fully saturated rings. The molecule has 0 unspecified atom stereocenters. The predicted molar refractivity (Wildman–Crippen MR) is 55.9 cm³/mol. The molecule has 1 aliphatic heterocycles. The van der Waals surface area contributed by atoms with Crippen LogP contribution >= 0.6 is 0 Å². The van der Waals surface area contributed by atoms with Crippen LogP contribution < -0.4 is 0 Å². The molecule has 0 bridgehead atoms. The summed E-state index contributed by atoms with van der Waals surface area (Å²) in [5, 5.41) is 3.71. The number of hydrogen-bond acceptors (Lipinski definition) is 2. The van der Waals surface area contributed by atoms with Crippen molar-refractivity contribution in [3.05, 3.63) is 10.4 Å². The number of nitrogens with zero attached hydrogens (tertiary/aromatic N) is 4. The van der Waals surface area contributed by atoms with Crippen LogP contribution in [0.5, 0.6) is 0 Å². The van der Waals surface area contributed by atoms with Crippen LogP contribution in [0.3, 0.4) is 0 Å². The van der Waals surface area contributed by atoms with Gasteiger partial charge in [0.1, 0.15) is 0 Å². The second-order valence-electron chi connectivity index (χ2n) is 4.58. The molecule has 0 amide bonds. The molecule has 1 saturated heterocycles. The third kappa shape index (κ3) is 2.40. The van der Waals surface area contributed by atoms with E-state index in [0.717, 1.165) is 19.0 Å². The van der Waals surface area contributed by atoms with Gasteiger partial charge in [-0.2, -0.15) is 0 Å². The van der Waals surface area contributed by atoms with Crippen molar-refractivity contribution in [2.45, 2.75) is 38.1 Å². The molecule has 0 spiro atoms. The molecular weight excluding hydrogens is 176 g/mol. The van der Waals surface area contributed by atoms with Gasteiger partial charge in [-0.05, 0) is 24.3 Å². The smallest absolute Gasteiger partial charge is 0.0628 e. The summed E-state index contributed by atoms with van der Waals surface area (Å²) in [5.41, 5.74) is 8.25. The fraction of sp³-hybridized carbons (Fsp3) is 1.00. The lowest BCUT2D eigenvalue weighted by Gasteiger charge is -2.39. The van der Waals surface area contributed by atoms with Gasteiger partial charge in [0.25, 0.3) is 0 Å². The van der Waals surface area contributed by atoms with Crippen molar-refractivity contribution < 1.29 is 0 Å². The molecule has 2 rings (SSSR count). The van der Waals surface area contributed by atoms with E-state index in [4.69, 9.17) is 5.53 Å². The lowest BCUT2D eigenvalue weighted by Crippen LogP contribution is -2.51. The molecule has 0 aromatic rings. The SMILES string of the molecule is [N-]=[N+]=NC1CN(CC2CCCCC2)C1. The van der Waals surface area contributed by atoms with E-state index in [9.17, 15) is 0 Å². The highest BCUT2D eigenvalue weighted by atomic mass is 15.3. The maximum atomic E-state index is 8.25. The first-order chi connectivity index (χ1) is 6.88. The zero-order valence-electron chi connectivity index (χ0n) is 8.60. The third-order valence-electron chi connectivity index (χ3n) is 3.39. The molecule has 14 heavy (non-hydrogen) atoms. The fourth-order valence-electron chi connectivity index (χ4n) is 2.57. The third-order valence-corrected chi connectivity index (χ3v) is 3.39. The van der Waals surface area contributed by atoms with Crippen molar-refractivity contribution in [2.24, 2.45) is 11.0 Å². The Morgan fingerprint density at radius 3 is 2.57 bits per heavy atom. The number of azide groups is 1. The summed E-state index contributed by atoms with van der Waals surface area (Å²) in [6.45, 7) is 3.21. The molecule has 4 nitrogen and oxygen atoms in total. The highest BCUT2D eigenvalue weighted by Crippen LogP contribution is 2.26. The van der Waals surface area contributed by atoms with E-state index < -0.39 is 0 Å². The van der Waals surface area contributed by atoms with Gasteiger partial charge < -0.3 is 4.90 Å². The quantitative estimate of drug-likeness (QED) is 0.387. The number of hydrogen-bond donors (Lipinski definition) is 0. The van der Waals surface area contributed by atoms with Gasteiger partial charge in [0.15, 0.2) is 0 Å². The van der Waals surface area contributed by atoms with Gasteiger partial charge in [0.2, 0.25) is 0 Å². The van der Waals surface area contributed by atoms with Crippen molar-refractivity contribution in [2.75, 3.05) is 19.6 Å². The van der Waals surface area contributed by atoms with Gasteiger partial charge in [-0.15, -0.1) is 0 Å². The zero-order chi connectivity index (χ0) is 9.80. The average molecular weight is 194 g/mol. The van der Waals surface area contributed by atoms with E-state index in [1.54, 1.807) is 0 Å². The van der Waals surface area contributed by atoms with Crippen molar-refractivity contribution >= 4 is 0 Å². The summed E-state index contributed by atoms with van der Waals surface area (Å²) in [7, 11) is 0. The molecule has 78 valence electrons. The van der Waals surface area contributed by atoms with Gasteiger partial charge in [0.05, 0.1) is 6.04 Å². The number of rotatable bonds is 3. The Morgan fingerprint density at radius 2 is 1.93 bits per heavy atom. The second-order valence-corrected chi connectivity index (χ2v) is 4.58. The van der Waals surface area contributed by atoms with E-state index in [1.165, 1.54) is 38.6 Å². The number of likely N-dealkylation sites (tertiary alicyclic amines) is 1. The fourth-order valence-corrected chi connectivity index (χ4v) is 2.57. The molecule has 2 aliphatic rings. The summed E-state index contributed by atoms with van der Waals surface area (Å²) in [4.78, 5) is 5.26. The van der Waals surface area contributed by atoms with Crippen LogP contribution in [0.1, 0.15) is 32.1 Å². The highest BCUT2D eigenvalue weighted by Gasteiger charge is 2.27. The monoisotopic (exact) mass is 194 g/mol. The highest BCUT2D eigenvalue weighted by molar-refractivity contribution is 4.87. The normalized spacial score (nSPS) is 25.4. The Kier molecular flexibility index (Phi) is 3.27. The van der Waals surface area contributed by atoms with Crippen LogP contribution in [-0.4, -0.2) is 30.6 Å². The van der Waals surface area contributed by atoms with E-state index in [-0.39, 0.29) is 6.04 Å². The first-order valence-electron chi connectivity index (χ1n) is 5.65. The van der Waals surface area contributed by atoms with Crippen LogP contribution in [0, 0.1) is 5.92 Å². The molecule has 0 N–H and O–H groups in total. The van der Waals surface area contributed by atoms with Crippen LogP contribution in [0.4, 0.5) is 0 Å². The van der Waals surface area contributed by atoms with Crippen LogP contribution in [0.25, 0.3) is 10.4 Å². The molecule has 1 aliphatic carbocycles. The van der Waals surface area contributed by atoms with E-state index in [0.29, 0.717) is 0 Å². The Balaban J connectivity index is 1.65. The minimum atomic E-state index is 0.253. The van der Waals surface area contributed by atoms with E-state index >= 15 is 0 Å². The van der Waals surface area contributed by atoms with E-state index in [2.05, 4.69) is 14.9 Å². The van der Waals surface area contributed by atoms with Gasteiger partial charge in [-0.3, -0.25) is 0 Å². The summed E-state index contributed by atoms with van der Waals surface area (Å²) >= 11 is 0. The average Bonchev–Trinajstić information content (AvgIpc) is 2.16. The van der Waals surface area contributed by atoms with Crippen LogP contribution in [0.2, 0.25) is 0 Å². The Bertz CT molecular complexity index is 222. The minimum absolute atomic E-state index is 0.253. The topological polar surface area (TPSA) is 52.0 Å². The lowest BCUT2D eigenvalue weighted by atomic mass is 9.88. The maximum Gasteiger partial charge on any atom is 0.0628 e. The van der Waals surface area contributed by atoms with Gasteiger partial charge in [-0.1, -0.05) is 24.4 Å². The summed E-state index contributed by atoms with van der Waals surface area (Å²) in [6, 6.07) is 0.253. The molecule has 1 heterocycles. The second kappa shape index (κ2) is 4.67. The van der Waals surface area contributed by atoms with Gasteiger partial charge in [0, 0.05) is 24.5 Å². The summed E-state index contributed by atoms with van der Waals surface area (Å²) in [6.07, 6.45) is 7.07. The Labute approximate surface area is 84.9 Å². The molecular formula is C10H18N4. The summed E-state index contributed by atoms with van der Waals surface area (Å²) < 4.78 is 0. The van der Waals surface area contributed by atoms with Crippen LogP contribution in [-0.2, 0) is 0 Å². The van der Waals surface area contributed by atoms with Gasteiger partial charge in [-0.25, -0.2) is 0 Å². The molecule has 1 saturated carbocycles. The molecule has 0 aromatic heterocycles. The van der Waals surface area contributed by atoms with Crippen molar-refractivity contribution in [3.8, 4) is 0 Å². The Hall–Kier alpha value is -0.730. The molecule has 0 aromatic carbocycles. The minimum Gasteiger partial charge on any atom is -0.302 e. The van der Waals surface area contributed by atoms with Gasteiger partial charge >= 0.3 is 0 Å². The van der Waals surface area contributed by atoms with Crippen molar-refractivity contribution in [1.82, 2.24) is 4.90 Å². The lowest BCUT2D eigenvalue weighted by molar-refractivity contribution is 0.114. The first-order valence-corrected chi connectivity index (χ1v) is 5.65. The summed E-state index contributed by atoms with van der Waals surface area (Å²) in [5.74, 6) is 0.913. The molecule has 4 heteroatoms. The van der Waals surface area contributed by atoms with Crippen molar-refractivity contribution in [3.63, 3.8) is 0 Å². The predicted octanol–water partition coefficient (Wildman–Crippen LogP) is 2.56. The Morgan fingerprint density at radius 1 is 1.21 bits per heavy atom. The maximum absolute atomic E-state index is 8.25. The van der Waals surface area contributed by atoms with Crippen LogP contribution in [0.15, 0.2) is 5.11 Å². The van der Waals surface area contributed by atoms with E-state index in [1.807, 2.05) is 0 Å². The largest absolute Gasteiger partial charge is 0.302 e.